The molecule has 0 fully saturated rings. The zero-order valence-corrected chi connectivity index (χ0v) is 15.4. The maximum atomic E-state index is 12.3. The van der Waals surface area contributed by atoms with Crippen LogP contribution in [0.15, 0.2) is 58.5 Å². The maximum Gasteiger partial charge on any atom is 0.294 e. The SMILES string of the molecule is Cc1ccc(Oc2c(C)nc(SCc3ccc(Cl)cc3)[nH]c2=O)cc1. The number of hydrogen-bond donors (Lipinski definition) is 1. The fourth-order valence-corrected chi connectivity index (χ4v) is 3.18. The molecule has 1 aromatic heterocycles. The minimum atomic E-state index is -0.285. The minimum absolute atomic E-state index is 0.222. The standard InChI is InChI=1S/C19H17ClN2O2S/c1-12-3-9-16(10-4-12)24-17-13(2)21-19(22-18(17)23)25-11-14-5-7-15(20)8-6-14/h3-10H,11H2,1-2H3,(H,21,22,23). The van der Waals surface area contributed by atoms with Crippen LogP contribution >= 0.6 is 23.4 Å². The van der Waals surface area contributed by atoms with Gasteiger partial charge >= 0.3 is 0 Å². The van der Waals surface area contributed by atoms with E-state index in [2.05, 4.69) is 9.97 Å². The lowest BCUT2D eigenvalue weighted by atomic mass is 10.2. The van der Waals surface area contributed by atoms with E-state index >= 15 is 0 Å². The molecule has 0 saturated heterocycles. The molecule has 0 aliphatic carbocycles. The molecule has 3 rings (SSSR count). The number of aromatic nitrogens is 2. The second-order valence-electron chi connectivity index (χ2n) is 5.62. The summed E-state index contributed by atoms with van der Waals surface area (Å²) in [6.07, 6.45) is 0. The molecular weight excluding hydrogens is 356 g/mol. The zero-order chi connectivity index (χ0) is 17.8. The normalized spacial score (nSPS) is 10.7. The van der Waals surface area contributed by atoms with E-state index in [4.69, 9.17) is 16.3 Å². The maximum absolute atomic E-state index is 12.3. The molecule has 0 aliphatic rings. The molecule has 4 nitrogen and oxygen atoms in total. The first kappa shape index (κ1) is 17.6. The number of halogens is 1. The highest BCUT2D eigenvalue weighted by molar-refractivity contribution is 7.98. The molecule has 1 N–H and O–H groups in total. The first-order valence-corrected chi connectivity index (χ1v) is 9.10. The second kappa shape index (κ2) is 7.76. The van der Waals surface area contributed by atoms with E-state index in [1.807, 2.05) is 55.5 Å². The highest BCUT2D eigenvalue weighted by Gasteiger charge is 2.11. The van der Waals surface area contributed by atoms with Crippen molar-refractivity contribution < 1.29 is 4.74 Å². The smallest absolute Gasteiger partial charge is 0.294 e. The summed E-state index contributed by atoms with van der Waals surface area (Å²) >= 11 is 7.34. The number of rotatable bonds is 5. The van der Waals surface area contributed by atoms with Crippen molar-refractivity contribution in [3.05, 3.63) is 80.7 Å². The first-order chi connectivity index (χ1) is 12.0. The van der Waals surface area contributed by atoms with Crippen LogP contribution < -0.4 is 10.3 Å². The van der Waals surface area contributed by atoms with Gasteiger partial charge in [0.15, 0.2) is 5.16 Å². The van der Waals surface area contributed by atoms with Gasteiger partial charge in [0.25, 0.3) is 5.56 Å². The Morgan fingerprint density at radius 3 is 2.40 bits per heavy atom. The summed E-state index contributed by atoms with van der Waals surface area (Å²) in [5, 5.41) is 1.27. The van der Waals surface area contributed by atoms with E-state index in [9.17, 15) is 4.79 Å². The lowest BCUT2D eigenvalue weighted by Crippen LogP contribution is -2.13. The topological polar surface area (TPSA) is 55.0 Å². The van der Waals surface area contributed by atoms with Gasteiger partial charge in [-0.3, -0.25) is 9.78 Å². The number of nitrogens with one attached hydrogen (secondary N) is 1. The van der Waals surface area contributed by atoms with Gasteiger partial charge < -0.3 is 4.74 Å². The van der Waals surface area contributed by atoms with Crippen LogP contribution in [0, 0.1) is 13.8 Å². The van der Waals surface area contributed by atoms with Gasteiger partial charge in [0.05, 0.1) is 5.69 Å². The molecule has 0 amide bonds. The third-order valence-electron chi connectivity index (χ3n) is 3.55. The summed E-state index contributed by atoms with van der Waals surface area (Å²) in [7, 11) is 0. The van der Waals surface area contributed by atoms with E-state index in [1.165, 1.54) is 11.8 Å². The second-order valence-corrected chi connectivity index (χ2v) is 7.02. The lowest BCUT2D eigenvalue weighted by molar-refractivity contribution is 0.463. The molecule has 0 unspecified atom stereocenters. The fourth-order valence-electron chi connectivity index (χ4n) is 2.19. The highest BCUT2D eigenvalue weighted by Crippen LogP contribution is 2.24. The molecule has 128 valence electrons. The first-order valence-electron chi connectivity index (χ1n) is 7.74. The Labute approximate surface area is 155 Å². The van der Waals surface area contributed by atoms with Crippen molar-refractivity contribution in [2.75, 3.05) is 0 Å². The molecule has 0 atom stereocenters. The van der Waals surface area contributed by atoms with Gasteiger partial charge in [-0.2, -0.15) is 0 Å². The van der Waals surface area contributed by atoms with Gasteiger partial charge in [-0.05, 0) is 43.7 Å². The minimum Gasteiger partial charge on any atom is -0.450 e. The third kappa shape index (κ3) is 4.65. The highest BCUT2D eigenvalue weighted by atomic mass is 35.5. The van der Waals surface area contributed by atoms with E-state index in [0.29, 0.717) is 27.4 Å². The number of thioether (sulfide) groups is 1. The van der Waals surface area contributed by atoms with E-state index in [1.54, 1.807) is 6.92 Å². The number of ether oxygens (including phenoxy) is 1. The number of nitrogens with zero attached hydrogens (tertiary/aromatic N) is 1. The Morgan fingerprint density at radius 1 is 1.08 bits per heavy atom. The van der Waals surface area contributed by atoms with E-state index < -0.39 is 0 Å². The van der Waals surface area contributed by atoms with Gasteiger partial charge in [0.2, 0.25) is 5.75 Å². The number of aryl methyl sites for hydroxylation is 2. The summed E-state index contributed by atoms with van der Waals surface area (Å²) < 4.78 is 5.70. The number of aromatic amines is 1. The average Bonchev–Trinajstić information content (AvgIpc) is 2.59. The predicted molar refractivity (Wildman–Crippen MR) is 102 cm³/mol. The molecule has 1 heterocycles. The number of hydrogen-bond acceptors (Lipinski definition) is 4. The molecule has 0 spiro atoms. The van der Waals surface area contributed by atoms with Crippen molar-refractivity contribution in [1.82, 2.24) is 9.97 Å². The van der Waals surface area contributed by atoms with Crippen LogP contribution in [0.3, 0.4) is 0 Å². The van der Waals surface area contributed by atoms with Crippen LogP contribution in [-0.2, 0) is 5.75 Å². The van der Waals surface area contributed by atoms with Gasteiger partial charge in [-0.1, -0.05) is 53.2 Å². The van der Waals surface area contributed by atoms with Crippen molar-refractivity contribution >= 4 is 23.4 Å². The van der Waals surface area contributed by atoms with Gasteiger partial charge in [0, 0.05) is 10.8 Å². The Hall–Kier alpha value is -2.24. The van der Waals surface area contributed by atoms with Crippen LogP contribution in [0.1, 0.15) is 16.8 Å². The summed E-state index contributed by atoms with van der Waals surface area (Å²) in [6, 6.07) is 15.1. The van der Waals surface area contributed by atoms with E-state index in [0.717, 1.165) is 11.1 Å². The zero-order valence-electron chi connectivity index (χ0n) is 13.9. The van der Waals surface area contributed by atoms with Crippen molar-refractivity contribution in [2.45, 2.75) is 24.8 Å². The van der Waals surface area contributed by atoms with Crippen LogP contribution in [0.5, 0.6) is 11.5 Å². The third-order valence-corrected chi connectivity index (χ3v) is 4.75. The lowest BCUT2D eigenvalue weighted by Gasteiger charge is -2.09. The van der Waals surface area contributed by atoms with Crippen LogP contribution in [0.2, 0.25) is 5.02 Å². The molecule has 0 aliphatic heterocycles. The number of benzene rings is 2. The van der Waals surface area contributed by atoms with Gasteiger partial charge in [0.1, 0.15) is 5.75 Å². The average molecular weight is 373 g/mol. The Bertz CT molecular complexity index is 922. The van der Waals surface area contributed by atoms with E-state index in [-0.39, 0.29) is 11.3 Å². The molecule has 6 heteroatoms. The molecular formula is C19H17ClN2O2S. The van der Waals surface area contributed by atoms with Crippen molar-refractivity contribution in [1.29, 1.82) is 0 Å². The molecule has 2 aromatic carbocycles. The van der Waals surface area contributed by atoms with Crippen molar-refractivity contribution in [3.8, 4) is 11.5 Å². The quantitative estimate of drug-likeness (QED) is 0.498. The van der Waals surface area contributed by atoms with Crippen LogP contribution in [-0.4, -0.2) is 9.97 Å². The largest absolute Gasteiger partial charge is 0.450 e. The Morgan fingerprint density at radius 2 is 1.76 bits per heavy atom. The summed E-state index contributed by atoms with van der Waals surface area (Å²) in [5.74, 6) is 1.53. The summed E-state index contributed by atoms with van der Waals surface area (Å²) in [4.78, 5) is 19.5. The molecule has 0 saturated carbocycles. The molecule has 0 bridgehead atoms. The summed E-state index contributed by atoms with van der Waals surface area (Å²) in [6.45, 7) is 3.77. The fraction of sp³-hybridized carbons (Fsp3) is 0.158. The molecule has 25 heavy (non-hydrogen) atoms. The van der Waals surface area contributed by atoms with Crippen LogP contribution in [0.25, 0.3) is 0 Å². The van der Waals surface area contributed by atoms with Crippen LogP contribution in [0.4, 0.5) is 0 Å². The Kier molecular flexibility index (Phi) is 5.46. The molecule has 0 radical (unpaired) electrons. The monoisotopic (exact) mass is 372 g/mol. The van der Waals surface area contributed by atoms with Crippen molar-refractivity contribution in [2.24, 2.45) is 0 Å². The molecule has 3 aromatic rings. The van der Waals surface area contributed by atoms with Crippen molar-refractivity contribution in [3.63, 3.8) is 0 Å². The Balaban J connectivity index is 1.74. The predicted octanol–water partition coefficient (Wildman–Crippen LogP) is 5.12. The van der Waals surface area contributed by atoms with Gasteiger partial charge in [-0.15, -0.1) is 0 Å². The summed E-state index contributed by atoms with van der Waals surface area (Å²) in [5.41, 5.74) is 2.51. The number of H-pyrrole nitrogens is 1. The van der Waals surface area contributed by atoms with Gasteiger partial charge in [-0.25, -0.2) is 4.98 Å².